The number of ether oxygens (including phenoxy) is 1. The number of hydrogen-bond acceptors (Lipinski definition) is 7. The Bertz CT molecular complexity index is 733. The van der Waals surface area contributed by atoms with Gasteiger partial charge < -0.3 is 15.0 Å². The molecule has 1 aromatic carbocycles. The summed E-state index contributed by atoms with van der Waals surface area (Å²) in [7, 11) is 1.62. The zero-order valence-corrected chi connectivity index (χ0v) is 11.8. The first kappa shape index (κ1) is 12.6. The Morgan fingerprint density at radius 2 is 1.95 bits per heavy atom. The number of aromatic nitrogens is 3. The Morgan fingerprint density at radius 3 is 2.55 bits per heavy atom. The highest BCUT2D eigenvalue weighted by molar-refractivity contribution is 7.18. The smallest absolute Gasteiger partial charge is 0.270 e. The molecule has 0 atom stereocenters. The van der Waals surface area contributed by atoms with E-state index in [1.54, 1.807) is 7.11 Å². The third-order valence-electron chi connectivity index (χ3n) is 2.78. The summed E-state index contributed by atoms with van der Waals surface area (Å²) in [4.78, 5) is 9.32. The minimum atomic E-state index is 0.433. The van der Waals surface area contributed by atoms with E-state index in [1.165, 1.54) is 11.3 Å². The molecule has 7 heteroatoms. The van der Waals surface area contributed by atoms with Gasteiger partial charge in [0.1, 0.15) is 10.6 Å². The molecule has 3 rings (SSSR count). The van der Waals surface area contributed by atoms with Gasteiger partial charge in [-0.25, -0.2) is 4.98 Å². The van der Waals surface area contributed by atoms with Gasteiger partial charge >= 0.3 is 0 Å². The lowest BCUT2D eigenvalue weighted by atomic mass is 10.2. The van der Waals surface area contributed by atoms with Gasteiger partial charge in [0.15, 0.2) is 5.13 Å². The molecule has 2 N–H and O–H groups in total. The van der Waals surface area contributed by atoms with Crippen LogP contribution in [0.4, 0.5) is 5.13 Å². The Hall–Kier alpha value is -2.41. The second-order valence-electron chi connectivity index (χ2n) is 4.12. The fraction of sp³-hybridized carbons (Fsp3) is 0.154. The number of nitrogens with two attached hydrogens (primary N) is 1. The minimum absolute atomic E-state index is 0.433. The van der Waals surface area contributed by atoms with Crippen molar-refractivity contribution in [1.82, 2.24) is 15.1 Å². The molecule has 0 fully saturated rings. The maximum Gasteiger partial charge on any atom is 0.270 e. The van der Waals surface area contributed by atoms with Crippen molar-refractivity contribution in [1.29, 1.82) is 0 Å². The lowest BCUT2D eigenvalue weighted by Gasteiger charge is -1.98. The summed E-state index contributed by atoms with van der Waals surface area (Å²) < 4.78 is 10.4. The lowest BCUT2D eigenvalue weighted by molar-refractivity contribution is 0.415. The summed E-state index contributed by atoms with van der Waals surface area (Å²) in [5.41, 5.74) is 7.32. The molecule has 2 heterocycles. The number of thiazole rings is 1. The van der Waals surface area contributed by atoms with E-state index in [4.69, 9.17) is 15.0 Å². The molecular weight excluding hydrogens is 276 g/mol. The zero-order valence-electron chi connectivity index (χ0n) is 11.0. The number of hydrogen-bond donors (Lipinski definition) is 1. The third-order valence-corrected chi connectivity index (χ3v) is 3.76. The maximum absolute atomic E-state index is 5.67. The van der Waals surface area contributed by atoms with Gasteiger partial charge in [-0.1, -0.05) is 16.5 Å². The molecular formula is C13H12N4O2S. The quantitative estimate of drug-likeness (QED) is 0.797. The van der Waals surface area contributed by atoms with Gasteiger partial charge in [-0.05, 0) is 31.2 Å². The van der Waals surface area contributed by atoms with Gasteiger partial charge in [-0.3, -0.25) is 0 Å². The Balaban J connectivity index is 1.95. The normalized spacial score (nSPS) is 10.7. The fourth-order valence-corrected chi connectivity index (χ4v) is 2.54. The van der Waals surface area contributed by atoms with E-state index in [0.29, 0.717) is 16.8 Å². The second kappa shape index (κ2) is 4.93. The topological polar surface area (TPSA) is 87.1 Å². The first-order valence-corrected chi connectivity index (χ1v) is 6.70. The lowest BCUT2D eigenvalue weighted by Crippen LogP contribution is -1.84. The number of nitrogens with zero attached hydrogens (tertiary/aromatic N) is 3. The summed E-state index contributed by atoms with van der Waals surface area (Å²) in [5, 5.41) is 4.47. The van der Waals surface area contributed by atoms with Gasteiger partial charge in [-0.15, -0.1) is 0 Å². The largest absolute Gasteiger partial charge is 0.497 e. The molecule has 0 aliphatic heterocycles. The van der Waals surface area contributed by atoms with Gasteiger partial charge in [0.2, 0.25) is 5.82 Å². The molecule has 0 aliphatic rings. The average Bonchev–Trinajstić information content (AvgIpc) is 3.05. The number of rotatable bonds is 3. The molecule has 0 unspecified atom stereocenters. The molecule has 0 aliphatic carbocycles. The van der Waals surface area contributed by atoms with Crippen LogP contribution in [-0.2, 0) is 0 Å². The SMILES string of the molecule is COc1ccc(-c2noc(-c3sc(N)nc3C)n2)cc1. The van der Waals surface area contributed by atoms with Crippen molar-refractivity contribution in [3.63, 3.8) is 0 Å². The molecule has 0 bridgehead atoms. The van der Waals surface area contributed by atoms with Crippen molar-refractivity contribution in [3.05, 3.63) is 30.0 Å². The molecule has 2 aromatic heterocycles. The molecule has 0 saturated carbocycles. The average molecular weight is 288 g/mol. The standard InChI is InChI=1S/C13H12N4O2S/c1-7-10(20-13(14)15-7)12-16-11(17-19-12)8-3-5-9(18-2)6-4-8/h3-6H,1-2H3,(H2,14,15). The van der Waals surface area contributed by atoms with Crippen LogP contribution in [0.15, 0.2) is 28.8 Å². The van der Waals surface area contributed by atoms with Crippen LogP contribution in [0.1, 0.15) is 5.69 Å². The fourth-order valence-electron chi connectivity index (χ4n) is 1.79. The van der Waals surface area contributed by atoms with Crippen LogP contribution in [-0.4, -0.2) is 22.2 Å². The molecule has 0 radical (unpaired) electrons. The molecule has 0 saturated heterocycles. The van der Waals surface area contributed by atoms with E-state index in [2.05, 4.69) is 15.1 Å². The maximum atomic E-state index is 5.67. The third kappa shape index (κ3) is 2.23. The Morgan fingerprint density at radius 1 is 1.20 bits per heavy atom. The summed E-state index contributed by atoms with van der Waals surface area (Å²) in [6.07, 6.45) is 0. The number of benzene rings is 1. The number of aryl methyl sites for hydroxylation is 1. The van der Waals surface area contributed by atoms with Crippen LogP contribution in [0.25, 0.3) is 22.2 Å². The predicted octanol–water partition coefficient (Wildman–Crippen LogP) is 2.76. The summed E-state index contributed by atoms with van der Waals surface area (Å²) in [6, 6.07) is 7.45. The highest BCUT2D eigenvalue weighted by Gasteiger charge is 2.16. The Labute approximate surface area is 119 Å². The molecule has 102 valence electrons. The van der Waals surface area contributed by atoms with Gasteiger partial charge in [-0.2, -0.15) is 4.98 Å². The predicted molar refractivity (Wildman–Crippen MR) is 76.5 cm³/mol. The van der Waals surface area contributed by atoms with Crippen molar-refractivity contribution >= 4 is 16.5 Å². The number of nitrogen functional groups attached to an aromatic ring is 1. The summed E-state index contributed by atoms with van der Waals surface area (Å²) >= 11 is 1.33. The minimum Gasteiger partial charge on any atom is -0.497 e. The van der Waals surface area contributed by atoms with E-state index in [-0.39, 0.29) is 0 Å². The highest BCUT2D eigenvalue weighted by atomic mass is 32.1. The highest BCUT2D eigenvalue weighted by Crippen LogP contribution is 2.31. The number of methoxy groups -OCH3 is 1. The van der Waals surface area contributed by atoms with Crippen LogP contribution < -0.4 is 10.5 Å². The zero-order chi connectivity index (χ0) is 14.1. The molecule has 6 nitrogen and oxygen atoms in total. The molecule has 20 heavy (non-hydrogen) atoms. The first-order chi connectivity index (χ1) is 9.67. The summed E-state index contributed by atoms with van der Waals surface area (Å²) in [5.74, 6) is 1.74. The van der Waals surface area contributed by atoms with Crippen molar-refractivity contribution in [2.45, 2.75) is 6.92 Å². The van der Waals surface area contributed by atoms with Gasteiger partial charge in [0.05, 0.1) is 12.8 Å². The van der Waals surface area contributed by atoms with Crippen LogP contribution >= 0.6 is 11.3 Å². The van der Waals surface area contributed by atoms with Gasteiger partial charge in [0, 0.05) is 5.56 Å². The van der Waals surface area contributed by atoms with E-state index in [9.17, 15) is 0 Å². The van der Waals surface area contributed by atoms with Crippen molar-refractivity contribution in [2.24, 2.45) is 0 Å². The van der Waals surface area contributed by atoms with Crippen LogP contribution in [0.2, 0.25) is 0 Å². The molecule has 3 aromatic rings. The Kier molecular flexibility index (Phi) is 3.11. The second-order valence-corrected chi connectivity index (χ2v) is 5.15. The van der Waals surface area contributed by atoms with Crippen LogP contribution in [0.3, 0.4) is 0 Å². The molecule has 0 amide bonds. The van der Waals surface area contributed by atoms with E-state index in [1.807, 2.05) is 31.2 Å². The van der Waals surface area contributed by atoms with Gasteiger partial charge in [0.25, 0.3) is 5.89 Å². The van der Waals surface area contributed by atoms with Crippen molar-refractivity contribution in [3.8, 4) is 27.9 Å². The van der Waals surface area contributed by atoms with E-state index < -0.39 is 0 Å². The monoisotopic (exact) mass is 288 g/mol. The van der Waals surface area contributed by atoms with Crippen LogP contribution in [0, 0.1) is 6.92 Å². The van der Waals surface area contributed by atoms with Crippen molar-refractivity contribution < 1.29 is 9.26 Å². The van der Waals surface area contributed by atoms with E-state index in [0.717, 1.165) is 21.9 Å². The first-order valence-electron chi connectivity index (χ1n) is 5.89. The van der Waals surface area contributed by atoms with Crippen LogP contribution in [0.5, 0.6) is 5.75 Å². The summed E-state index contributed by atoms with van der Waals surface area (Å²) in [6.45, 7) is 1.86. The van der Waals surface area contributed by atoms with E-state index >= 15 is 0 Å². The van der Waals surface area contributed by atoms with Crippen molar-refractivity contribution in [2.75, 3.05) is 12.8 Å². The molecule has 0 spiro atoms. The number of anilines is 1.